The Kier molecular flexibility index (Phi) is 5.23. The van der Waals surface area contributed by atoms with Crippen molar-refractivity contribution in [2.75, 3.05) is 11.9 Å². The molecule has 0 saturated carbocycles. The monoisotopic (exact) mass is 267 g/mol. The molecule has 0 unspecified atom stereocenters. The largest absolute Gasteiger partial charge is 0.370 e. The van der Waals surface area contributed by atoms with Crippen LogP contribution in [0.25, 0.3) is 0 Å². The number of unbranched alkanes of at least 4 members (excludes halogenated alkanes) is 1. The summed E-state index contributed by atoms with van der Waals surface area (Å²) in [6.45, 7) is 5.32. The van der Waals surface area contributed by atoms with Gasteiger partial charge in [-0.1, -0.05) is 55.3 Å². The van der Waals surface area contributed by atoms with Crippen LogP contribution in [0.15, 0.2) is 48.5 Å². The highest BCUT2D eigenvalue weighted by Crippen LogP contribution is 2.17. The lowest BCUT2D eigenvalue weighted by Gasteiger charge is -2.20. The summed E-state index contributed by atoms with van der Waals surface area (Å²) in [5, 5.41) is 0. The van der Waals surface area contributed by atoms with E-state index in [1.54, 1.807) is 0 Å². The van der Waals surface area contributed by atoms with Crippen LogP contribution in [0.3, 0.4) is 0 Å². The molecule has 20 heavy (non-hydrogen) atoms. The third-order valence-electron chi connectivity index (χ3n) is 3.74. The highest BCUT2D eigenvalue weighted by molar-refractivity contribution is 5.47. The van der Waals surface area contributed by atoms with E-state index in [1.807, 2.05) is 0 Å². The molecule has 1 heteroatoms. The van der Waals surface area contributed by atoms with Gasteiger partial charge in [-0.05, 0) is 43.0 Å². The minimum Gasteiger partial charge on any atom is -0.370 e. The first-order valence-corrected chi connectivity index (χ1v) is 7.54. The number of hydrogen-bond acceptors (Lipinski definition) is 1. The van der Waals surface area contributed by atoms with Crippen LogP contribution in [-0.2, 0) is 13.0 Å². The standard InChI is InChI=1S/C19H25N/c1-4-5-6-17-11-13-19(14-12-17)20(3)15-18-9-7-16(2)8-10-18/h7-14H,4-6,15H2,1-3H3. The first-order chi connectivity index (χ1) is 9.69. The molecule has 0 aromatic heterocycles. The van der Waals surface area contributed by atoms with Gasteiger partial charge in [0.15, 0.2) is 0 Å². The zero-order valence-electron chi connectivity index (χ0n) is 12.9. The smallest absolute Gasteiger partial charge is 0.0426 e. The summed E-state index contributed by atoms with van der Waals surface area (Å²) < 4.78 is 0. The van der Waals surface area contributed by atoms with Crippen LogP contribution >= 0.6 is 0 Å². The molecule has 0 atom stereocenters. The highest BCUT2D eigenvalue weighted by Gasteiger charge is 2.02. The molecule has 0 bridgehead atoms. The number of benzene rings is 2. The number of aryl methyl sites for hydroxylation is 2. The second-order valence-electron chi connectivity index (χ2n) is 5.61. The van der Waals surface area contributed by atoms with Crippen molar-refractivity contribution >= 4 is 5.69 Å². The molecule has 0 N–H and O–H groups in total. The maximum absolute atomic E-state index is 2.30. The van der Waals surface area contributed by atoms with Gasteiger partial charge in [-0.3, -0.25) is 0 Å². The molecular weight excluding hydrogens is 242 g/mol. The molecule has 0 saturated heterocycles. The summed E-state index contributed by atoms with van der Waals surface area (Å²) in [5.41, 5.74) is 5.40. The predicted octanol–water partition coefficient (Wildman–Crippen LogP) is 4.97. The van der Waals surface area contributed by atoms with Crippen LogP contribution in [0.4, 0.5) is 5.69 Å². The van der Waals surface area contributed by atoms with Gasteiger partial charge in [0.25, 0.3) is 0 Å². The molecule has 0 aliphatic rings. The van der Waals surface area contributed by atoms with E-state index in [1.165, 1.54) is 41.6 Å². The minimum atomic E-state index is 0.953. The zero-order chi connectivity index (χ0) is 14.4. The number of nitrogens with zero attached hydrogens (tertiary/aromatic N) is 1. The Morgan fingerprint density at radius 1 is 0.850 bits per heavy atom. The van der Waals surface area contributed by atoms with Crippen molar-refractivity contribution in [3.8, 4) is 0 Å². The van der Waals surface area contributed by atoms with Gasteiger partial charge in [-0.2, -0.15) is 0 Å². The normalized spacial score (nSPS) is 10.6. The SMILES string of the molecule is CCCCc1ccc(N(C)Cc2ccc(C)cc2)cc1. The third-order valence-corrected chi connectivity index (χ3v) is 3.74. The van der Waals surface area contributed by atoms with Crippen LogP contribution in [0.1, 0.15) is 36.5 Å². The van der Waals surface area contributed by atoms with Gasteiger partial charge < -0.3 is 4.90 Å². The van der Waals surface area contributed by atoms with E-state index in [4.69, 9.17) is 0 Å². The molecule has 0 amide bonds. The highest BCUT2D eigenvalue weighted by atomic mass is 15.1. The van der Waals surface area contributed by atoms with Gasteiger partial charge in [0, 0.05) is 19.3 Å². The van der Waals surface area contributed by atoms with E-state index in [0.29, 0.717) is 0 Å². The molecule has 2 aromatic rings. The predicted molar refractivity (Wildman–Crippen MR) is 88.3 cm³/mol. The van der Waals surface area contributed by atoms with Gasteiger partial charge in [-0.15, -0.1) is 0 Å². The second-order valence-corrected chi connectivity index (χ2v) is 5.61. The van der Waals surface area contributed by atoms with Gasteiger partial charge in [0.1, 0.15) is 0 Å². The zero-order valence-corrected chi connectivity index (χ0v) is 12.9. The average Bonchev–Trinajstić information content (AvgIpc) is 2.48. The molecule has 0 radical (unpaired) electrons. The fourth-order valence-corrected chi connectivity index (χ4v) is 2.36. The first kappa shape index (κ1) is 14.6. The summed E-state index contributed by atoms with van der Waals surface area (Å²) in [6.07, 6.45) is 3.73. The van der Waals surface area contributed by atoms with Crippen molar-refractivity contribution in [2.24, 2.45) is 0 Å². The molecular formula is C19H25N. The number of rotatable bonds is 6. The van der Waals surface area contributed by atoms with Gasteiger partial charge in [-0.25, -0.2) is 0 Å². The summed E-state index contributed by atoms with van der Waals surface area (Å²) >= 11 is 0. The van der Waals surface area contributed by atoms with Crippen LogP contribution in [0.5, 0.6) is 0 Å². The van der Waals surface area contributed by atoms with Gasteiger partial charge in [0.2, 0.25) is 0 Å². The van der Waals surface area contributed by atoms with Crippen molar-refractivity contribution < 1.29 is 0 Å². The number of anilines is 1. The Balaban J connectivity index is 1.98. The van der Waals surface area contributed by atoms with Crippen molar-refractivity contribution in [3.63, 3.8) is 0 Å². The van der Waals surface area contributed by atoms with Crippen molar-refractivity contribution in [1.29, 1.82) is 0 Å². The molecule has 1 nitrogen and oxygen atoms in total. The molecule has 0 fully saturated rings. The summed E-state index contributed by atoms with van der Waals surface area (Å²) in [7, 11) is 2.15. The molecule has 2 aromatic carbocycles. The molecule has 0 heterocycles. The second kappa shape index (κ2) is 7.14. The topological polar surface area (TPSA) is 3.24 Å². The van der Waals surface area contributed by atoms with Crippen molar-refractivity contribution in [1.82, 2.24) is 0 Å². The van der Waals surface area contributed by atoms with Gasteiger partial charge >= 0.3 is 0 Å². The lowest BCUT2D eigenvalue weighted by molar-refractivity contribution is 0.794. The molecule has 0 aliphatic heterocycles. The van der Waals surface area contributed by atoms with E-state index >= 15 is 0 Å². The van der Waals surface area contributed by atoms with Gasteiger partial charge in [0.05, 0.1) is 0 Å². The molecule has 0 aliphatic carbocycles. The average molecular weight is 267 g/mol. The Morgan fingerprint density at radius 2 is 1.45 bits per heavy atom. The quantitative estimate of drug-likeness (QED) is 0.714. The lowest BCUT2D eigenvalue weighted by Crippen LogP contribution is -2.16. The maximum atomic E-state index is 2.30. The fraction of sp³-hybridized carbons (Fsp3) is 0.368. The van der Waals surface area contributed by atoms with Crippen molar-refractivity contribution in [3.05, 3.63) is 65.2 Å². The summed E-state index contributed by atoms with van der Waals surface area (Å²) in [6, 6.07) is 17.8. The minimum absolute atomic E-state index is 0.953. The van der Waals surface area contributed by atoms with E-state index in [-0.39, 0.29) is 0 Å². The summed E-state index contributed by atoms with van der Waals surface area (Å²) in [5.74, 6) is 0. The fourth-order valence-electron chi connectivity index (χ4n) is 2.36. The van der Waals surface area contributed by atoms with E-state index in [0.717, 1.165) is 6.54 Å². The van der Waals surface area contributed by atoms with Crippen LogP contribution in [0, 0.1) is 6.92 Å². The van der Waals surface area contributed by atoms with E-state index in [2.05, 4.69) is 74.3 Å². The molecule has 2 rings (SSSR count). The lowest BCUT2D eigenvalue weighted by atomic mass is 10.1. The van der Waals surface area contributed by atoms with Crippen LogP contribution < -0.4 is 4.90 Å². The third kappa shape index (κ3) is 4.12. The Labute approximate surface area is 123 Å². The summed E-state index contributed by atoms with van der Waals surface area (Å²) in [4.78, 5) is 2.30. The van der Waals surface area contributed by atoms with E-state index < -0.39 is 0 Å². The Bertz CT molecular complexity index is 510. The van der Waals surface area contributed by atoms with Crippen LogP contribution in [-0.4, -0.2) is 7.05 Å². The Hall–Kier alpha value is -1.76. The first-order valence-electron chi connectivity index (χ1n) is 7.54. The van der Waals surface area contributed by atoms with Crippen molar-refractivity contribution in [2.45, 2.75) is 39.7 Å². The van der Waals surface area contributed by atoms with Crippen LogP contribution in [0.2, 0.25) is 0 Å². The maximum Gasteiger partial charge on any atom is 0.0426 e. The molecule has 106 valence electrons. The molecule has 0 spiro atoms. The van der Waals surface area contributed by atoms with E-state index in [9.17, 15) is 0 Å². The number of hydrogen-bond donors (Lipinski definition) is 0. The Morgan fingerprint density at radius 3 is 2.05 bits per heavy atom.